The maximum absolute atomic E-state index is 12.4. The van der Waals surface area contributed by atoms with Gasteiger partial charge in [-0.05, 0) is 55.5 Å². The van der Waals surface area contributed by atoms with Gasteiger partial charge >= 0.3 is 0 Å². The third-order valence-corrected chi connectivity index (χ3v) is 3.85. The monoisotopic (exact) mass is 341 g/mol. The van der Waals surface area contributed by atoms with Crippen LogP contribution in [0.5, 0.6) is 5.75 Å². The number of amides is 1. The van der Waals surface area contributed by atoms with Crippen molar-refractivity contribution in [3.8, 4) is 11.4 Å². The van der Waals surface area contributed by atoms with Gasteiger partial charge in [-0.25, -0.2) is 4.68 Å². The van der Waals surface area contributed by atoms with Gasteiger partial charge in [0.2, 0.25) is 0 Å². The van der Waals surface area contributed by atoms with Gasteiger partial charge in [-0.2, -0.15) is 5.10 Å². The normalized spacial score (nSPS) is 10.5. The Bertz CT molecular complexity index is 872. The number of hydrogen-bond acceptors (Lipinski definition) is 3. The molecule has 0 saturated heterocycles. The van der Waals surface area contributed by atoms with Crippen LogP contribution in [-0.4, -0.2) is 22.8 Å². The van der Waals surface area contributed by atoms with E-state index in [-0.39, 0.29) is 5.91 Å². The molecule has 1 amide bonds. The molecule has 24 heavy (non-hydrogen) atoms. The van der Waals surface area contributed by atoms with E-state index in [1.807, 2.05) is 29.8 Å². The van der Waals surface area contributed by atoms with Crippen molar-refractivity contribution in [2.45, 2.75) is 6.92 Å². The minimum atomic E-state index is -0.237. The molecule has 0 bridgehead atoms. The van der Waals surface area contributed by atoms with Crippen LogP contribution in [0.15, 0.2) is 54.7 Å². The molecular formula is C18H16ClN3O2. The lowest BCUT2D eigenvalue weighted by atomic mass is 10.2. The van der Waals surface area contributed by atoms with Crippen molar-refractivity contribution in [2.75, 3.05) is 12.4 Å². The summed E-state index contributed by atoms with van der Waals surface area (Å²) < 4.78 is 7.04. The van der Waals surface area contributed by atoms with Gasteiger partial charge in [-0.15, -0.1) is 0 Å². The summed E-state index contributed by atoms with van der Waals surface area (Å²) in [5.41, 5.74) is 2.98. The number of rotatable bonds is 4. The fourth-order valence-electron chi connectivity index (χ4n) is 2.37. The minimum Gasteiger partial charge on any atom is -0.495 e. The summed E-state index contributed by atoms with van der Waals surface area (Å²) in [6.45, 7) is 1.97. The van der Waals surface area contributed by atoms with Crippen molar-refractivity contribution in [3.05, 3.63) is 71.0 Å². The number of carbonyl (C=O) groups excluding carboxylic acids is 1. The first-order valence-corrected chi connectivity index (χ1v) is 7.72. The van der Waals surface area contributed by atoms with Gasteiger partial charge in [0.25, 0.3) is 5.91 Å². The van der Waals surface area contributed by atoms with Crippen molar-refractivity contribution in [3.63, 3.8) is 0 Å². The summed E-state index contributed by atoms with van der Waals surface area (Å²) in [6.07, 6.45) is 1.74. The predicted octanol–water partition coefficient (Wildman–Crippen LogP) is 4.10. The molecule has 6 heteroatoms. The lowest BCUT2D eigenvalue weighted by Crippen LogP contribution is -2.13. The van der Waals surface area contributed by atoms with Crippen LogP contribution in [0.4, 0.5) is 5.69 Å². The van der Waals surface area contributed by atoms with Crippen molar-refractivity contribution in [1.29, 1.82) is 0 Å². The number of aromatic nitrogens is 2. The van der Waals surface area contributed by atoms with Crippen LogP contribution in [-0.2, 0) is 0 Å². The van der Waals surface area contributed by atoms with E-state index < -0.39 is 0 Å². The van der Waals surface area contributed by atoms with Gasteiger partial charge < -0.3 is 10.1 Å². The average Bonchev–Trinajstić information content (AvgIpc) is 3.01. The maximum atomic E-state index is 12.4. The fraction of sp³-hybridized carbons (Fsp3) is 0.111. The molecule has 0 radical (unpaired) electrons. The van der Waals surface area contributed by atoms with Crippen molar-refractivity contribution < 1.29 is 9.53 Å². The average molecular weight is 342 g/mol. The number of nitrogens with zero attached hydrogens (tertiary/aromatic N) is 2. The molecule has 1 N–H and O–H groups in total. The Hall–Kier alpha value is -2.79. The smallest absolute Gasteiger partial charge is 0.255 e. The molecule has 0 unspecified atom stereocenters. The van der Waals surface area contributed by atoms with E-state index in [0.29, 0.717) is 22.0 Å². The summed E-state index contributed by atoms with van der Waals surface area (Å²) in [4.78, 5) is 12.4. The standard InChI is InChI=1S/C18H16ClN3O2/c1-12-9-10-20-22(12)15-6-3-13(4-7-15)18(23)21-16-11-14(19)5-8-17(16)24-2/h3-11H,1-2H3,(H,21,23). The lowest BCUT2D eigenvalue weighted by Gasteiger charge is -2.11. The molecule has 3 aromatic rings. The van der Waals surface area contributed by atoms with Crippen LogP contribution in [0.3, 0.4) is 0 Å². The molecule has 0 aliphatic rings. The number of hydrogen-bond donors (Lipinski definition) is 1. The number of ether oxygens (including phenoxy) is 1. The highest BCUT2D eigenvalue weighted by atomic mass is 35.5. The zero-order chi connectivity index (χ0) is 17.1. The number of halogens is 1. The Morgan fingerprint density at radius 1 is 1.17 bits per heavy atom. The van der Waals surface area contributed by atoms with Crippen LogP contribution >= 0.6 is 11.6 Å². The molecule has 1 heterocycles. The molecule has 1 aromatic heterocycles. The summed E-state index contributed by atoms with van der Waals surface area (Å²) in [5.74, 6) is 0.316. The summed E-state index contributed by atoms with van der Waals surface area (Å²) in [7, 11) is 1.54. The lowest BCUT2D eigenvalue weighted by molar-refractivity contribution is 0.102. The van der Waals surface area contributed by atoms with E-state index in [2.05, 4.69) is 10.4 Å². The molecule has 2 aromatic carbocycles. The largest absolute Gasteiger partial charge is 0.495 e. The van der Waals surface area contributed by atoms with Crippen LogP contribution in [0.1, 0.15) is 16.1 Å². The number of benzene rings is 2. The first kappa shape index (κ1) is 16.1. The van der Waals surface area contributed by atoms with Crippen molar-refractivity contribution >= 4 is 23.2 Å². The van der Waals surface area contributed by atoms with E-state index in [1.54, 1.807) is 43.6 Å². The van der Waals surface area contributed by atoms with Crippen molar-refractivity contribution in [1.82, 2.24) is 9.78 Å². The van der Waals surface area contributed by atoms with Crippen LogP contribution in [0.2, 0.25) is 5.02 Å². The molecule has 0 spiro atoms. The topological polar surface area (TPSA) is 56.1 Å². The second kappa shape index (κ2) is 6.76. The van der Waals surface area contributed by atoms with E-state index in [4.69, 9.17) is 16.3 Å². The maximum Gasteiger partial charge on any atom is 0.255 e. The Morgan fingerprint density at radius 2 is 1.92 bits per heavy atom. The zero-order valence-corrected chi connectivity index (χ0v) is 14.0. The first-order valence-electron chi connectivity index (χ1n) is 7.34. The van der Waals surface area contributed by atoms with Gasteiger partial charge in [0.05, 0.1) is 18.5 Å². The second-order valence-electron chi connectivity index (χ2n) is 5.23. The minimum absolute atomic E-state index is 0.237. The Balaban J connectivity index is 1.81. The second-order valence-corrected chi connectivity index (χ2v) is 5.67. The SMILES string of the molecule is COc1ccc(Cl)cc1NC(=O)c1ccc(-n2nccc2C)cc1. The highest BCUT2D eigenvalue weighted by molar-refractivity contribution is 6.31. The molecule has 122 valence electrons. The molecule has 0 fully saturated rings. The molecular weight excluding hydrogens is 326 g/mol. The molecule has 0 aliphatic carbocycles. The number of aryl methyl sites for hydroxylation is 1. The van der Waals surface area contributed by atoms with Crippen LogP contribution < -0.4 is 10.1 Å². The van der Waals surface area contributed by atoms with Gasteiger partial charge in [0, 0.05) is 22.5 Å². The van der Waals surface area contributed by atoms with E-state index >= 15 is 0 Å². The predicted molar refractivity (Wildman–Crippen MR) is 94.3 cm³/mol. The number of anilines is 1. The van der Waals surface area contributed by atoms with E-state index in [1.165, 1.54) is 0 Å². The fourth-order valence-corrected chi connectivity index (χ4v) is 2.54. The molecule has 5 nitrogen and oxygen atoms in total. The molecule has 0 atom stereocenters. The van der Waals surface area contributed by atoms with Crippen molar-refractivity contribution in [2.24, 2.45) is 0 Å². The number of methoxy groups -OCH3 is 1. The Morgan fingerprint density at radius 3 is 2.54 bits per heavy atom. The summed E-state index contributed by atoms with van der Waals surface area (Å²) in [5, 5.41) is 7.58. The Labute approximate surface area is 144 Å². The van der Waals surface area contributed by atoms with Crippen LogP contribution in [0.25, 0.3) is 5.69 Å². The van der Waals surface area contributed by atoms with Gasteiger partial charge in [0.15, 0.2) is 0 Å². The highest BCUT2D eigenvalue weighted by Gasteiger charge is 2.11. The number of carbonyl (C=O) groups is 1. The highest BCUT2D eigenvalue weighted by Crippen LogP contribution is 2.28. The molecule has 3 rings (SSSR count). The van der Waals surface area contributed by atoms with E-state index in [9.17, 15) is 4.79 Å². The number of nitrogens with one attached hydrogen (secondary N) is 1. The third-order valence-electron chi connectivity index (χ3n) is 3.62. The van der Waals surface area contributed by atoms with E-state index in [0.717, 1.165) is 11.4 Å². The third kappa shape index (κ3) is 3.26. The van der Waals surface area contributed by atoms with Gasteiger partial charge in [0.1, 0.15) is 5.75 Å². The van der Waals surface area contributed by atoms with Crippen LogP contribution in [0, 0.1) is 6.92 Å². The Kier molecular flexibility index (Phi) is 4.53. The van der Waals surface area contributed by atoms with Gasteiger partial charge in [-0.1, -0.05) is 11.6 Å². The summed E-state index contributed by atoms with van der Waals surface area (Å²) in [6, 6.07) is 14.2. The zero-order valence-electron chi connectivity index (χ0n) is 13.3. The van der Waals surface area contributed by atoms with Gasteiger partial charge in [-0.3, -0.25) is 4.79 Å². The quantitative estimate of drug-likeness (QED) is 0.777. The molecule has 0 aliphatic heterocycles. The first-order chi connectivity index (χ1) is 11.6. The summed E-state index contributed by atoms with van der Waals surface area (Å²) >= 11 is 5.98. The molecule has 0 saturated carbocycles.